The van der Waals surface area contributed by atoms with E-state index >= 15 is 0 Å². The molecular formula is C15H15BrN2O4S. The van der Waals surface area contributed by atoms with Gasteiger partial charge in [-0.3, -0.25) is 4.79 Å². The van der Waals surface area contributed by atoms with Crippen LogP contribution < -0.4 is 10.5 Å². The molecule has 8 heteroatoms. The van der Waals surface area contributed by atoms with Crippen molar-refractivity contribution >= 4 is 31.9 Å². The van der Waals surface area contributed by atoms with Crippen LogP contribution >= 0.6 is 15.9 Å². The number of sulfonamides is 1. The van der Waals surface area contributed by atoms with Crippen LogP contribution in [0.4, 0.5) is 0 Å². The number of benzene rings is 2. The van der Waals surface area contributed by atoms with Gasteiger partial charge in [0.1, 0.15) is 5.75 Å². The second-order valence-electron chi connectivity index (χ2n) is 4.92. The largest absolute Gasteiger partial charge is 0.508 e. The molecule has 122 valence electrons. The minimum absolute atomic E-state index is 0.0207. The van der Waals surface area contributed by atoms with Crippen LogP contribution in [-0.2, 0) is 27.8 Å². The second-order valence-corrected chi connectivity index (χ2v) is 7.39. The van der Waals surface area contributed by atoms with Gasteiger partial charge in [0.05, 0.1) is 11.3 Å². The number of primary sulfonamides is 1. The lowest BCUT2D eigenvalue weighted by molar-refractivity contribution is -0.120. The normalized spacial score (nSPS) is 11.2. The molecule has 4 N–H and O–H groups in total. The fourth-order valence-electron chi connectivity index (χ4n) is 1.92. The highest BCUT2D eigenvalue weighted by atomic mass is 79.9. The standard InChI is InChI=1S/C15H15BrN2O4S/c16-12-4-3-11(14(19)8-12)7-15(20)18-9-10-1-5-13(6-2-10)23(17,21)22/h1-6,8,19H,7,9H2,(H,18,20)(H2,17,21,22). The zero-order valence-corrected chi connectivity index (χ0v) is 14.4. The molecule has 0 bridgehead atoms. The molecular weight excluding hydrogens is 384 g/mol. The Labute approximate surface area is 142 Å². The maximum Gasteiger partial charge on any atom is 0.238 e. The lowest BCUT2D eigenvalue weighted by Crippen LogP contribution is -2.24. The molecule has 0 atom stereocenters. The molecule has 1 amide bonds. The fraction of sp³-hybridized carbons (Fsp3) is 0.133. The zero-order valence-electron chi connectivity index (χ0n) is 12.0. The van der Waals surface area contributed by atoms with Gasteiger partial charge < -0.3 is 10.4 Å². The first kappa shape index (κ1) is 17.5. The topological polar surface area (TPSA) is 109 Å². The monoisotopic (exact) mass is 398 g/mol. The van der Waals surface area contributed by atoms with E-state index in [0.29, 0.717) is 5.56 Å². The summed E-state index contributed by atoms with van der Waals surface area (Å²) >= 11 is 3.23. The number of carbonyl (C=O) groups is 1. The maximum atomic E-state index is 11.9. The zero-order chi connectivity index (χ0) is 17.0. The SMILES string of the molecule is NS(=O)(=O)c1ccc(CNC(=O)Cc2ccc(Br)cc2O)cc1. The quantitative estimate of drug-likeness (QED) is 0.710. The van der Waals surface area contributed by atoms with Crippen LogP contribution in [0.2, 0.25) is 0 Å². The number of phenols is 1. The molecule has 0 aliphatic carbocycles. The number of amides is 1. The summed E-state index contributed by atoms with van der Waals surface area (Å²) in [5, 5.41) is 17.5. The van der Waals surface area contributed by atoms with E-state index in [4.69, 9.17) is 5.14 Å². The van der Waals surface area contributed by atoms with E-state index in [-0.39, 0.29) is 29.5 Å². The minimum Gasteiger partial charge on any atom is -0.508 e. The van der Waals surface area contributed by atoms with Gasteiger partial charge in [-0.15, -0.1) is 0 Å². The number of nitrogens with one attached hydrogen (secondary N) is 1. The Hall–Kier alpha value is -1.90. The van der Waals surface area contributed by atoms with E-state index in [1.54, 1.807) is 24.3 Å². The van der Waals surface area contributed by atoms with Gasteiger partial charge in [-0.1, -0.05) is 34.1 Å². The number of aromatic hydroxyl groups is 1. The highest BCUT2D eigenvalue weighted by Crippen LogP contribution is 2.22. The molecule has 0 aliphatic rings. The average Bonchev–Trinajstić information content (AvgIpc) is 2.47. The highest BCUT2D eigenvalue weighted by molar-refractivity contribution is 9.10. The van der Waals surface area contributed by atoms with Gasteiger partial charge in [-0.25, -0.2) is 13.6 Å². The van der Waals surface area contributed by atoms with Crippen molar-refractivity contribution < 1.29 is 18.3 Å². The summed E-state index contributed by atoms with van der Waals surface area (Å²) in [5.41, 5.74) is 1.26. The van der Waals surface area contributed by atoms with Gasteiger partial charge in [-0.05, 0) is 29.8 Å². The Bertz CT molecular complexity index is 820. The Morgan fingerprint density at radius 3 is 2.39 bits per heavy atom. The Morgan fingerprint density at radius 1 is 1.17 bits per heavy atom. The van der Waals surface area contributed by atoms with Gasteiger partial charge >= 0.3 is 0 Å². The van der Waals surface area contributed by atoms with E-state index in [2.05, 4.69) is 21.2 Å². The predicted octanol–water partition coefficient (Wildman–Crippen LogP) is 1.66. The third kappa shape index (κ3) is 5.05. The van der Waals surface area contributed by atoms with E-state index in [1.165, 1.54) is 18.2 Å². The van der Waals surface area contributed by atoms with Crippen LogP contribution in [0.25, 0.3) is 0 Å². The Morgan fingerprint density at radius 2 is 1.83 bits per heavy atom. The first-order valence-electron chi connectivity index (χ1n) is 6.61. The van der Waals surface area contributed by atoms with E-state index < -0.39 is 10.0 Å². The number of nitrogens with two attached hydrogens (primary N) is 1. The number of carbonyl (C=O) groups excluding carboxylic acids is 1. The summed E-state index contributed by atoms with van der Waals surface area (Å²) in [5.74, 6) is -0.204. The van der Waals surface area contributed by atoms with Gasteiger partial charge in [0.2, 0.25) is 15.9 Å². The molecule has 23 heavy (non-hydrogen) atoms. The highest BCUT2D eigenvalue weighted by Gasteiger charge is 2.09. The molecule has 0 fully saturated rings. The number of hydrogen-bond donors (Lipinski definition) is 3. The number of hydrogen-bond acceptors (Lipinski definition) is 4. The molecule has 0 aliphatic heterocycles. The Kier molecular flexibility index (Phi) is 5.40. The van der Waals surface area contributed by atoms with Gasteiger partial charge in [0, 0.05) is 16.6 Å². The molecule has 0 spiro atoms. The molecule has 0 saturated carbocycles. The number of phenolic OH excluding ortho intramolecular Hbond substituents is 1. The number of rotatable bonds is 5. The van der Waals surface area contributed by atoms with Crippen LogP contribution in [-0.4, -0.2) is 19.4 Å². The van der Waals surface area contributed by atoms with Crippen molar-refractivity contribution in [3.63, 3.8) is 0 Å². The van der Waals surface area contributed by atoms with Gasteiger partial charge in [0.15, 0.2) is 0 Å². The van der Waals surface area contributed by atoms with Crippen molar-refractivity contribution in [3.8, 4) is 5.75 Å². The molecule has 2 rings (SSSR count). The first-order chi connectivity index (χ1) is 10.8. The molecule has 2 aromatic rings. The van der Waals surface area contributed by atoms with Crippen LogP contribution in [0.1, 0.15) is 11.1 Å². The average molecular weight is 399 g/mol. The third-order valence-corrected chi connectivity index (χ3v) is 4.56. The van der Waals surface area contributed by atoms with Crippen molar-refractivity contribution in [1.29, 1.82) is 0 Å². The summed E-state index contributed by atoms with van der Waals surface area (Å²) in [6.45, 7) is 0.251. The van der Waals surface area contributed by atoms with Gasteiger partial charge in [0.25, 0.3) is 0 Å². The molecule has 6 nitrogen and oxygen atoms in total. The molecule has 0 radical (unpaired) electrons. The smallest absolute Gasteiger partial charge is 0.238 e. The van der Waals surface area contributed by atoms with Crippen molar-refractivity contribution in [1.82, 2.24) is 5.32 Å². The summed E-state index contributed by atoms with van der Waals surface area (Å²) in [4.78, 5) is 11.9. The van der Waals surface area contributed by atoms with Crippen LogP contribution in [0.15, 0.2) is 51.8 Å². The van der Waals surface area contributed by atoms with Crippen molar-refractivity contribution in [2.24, 2.45) is 5.14 Å². The van der Waals surface area contributed by atoms with E-state index in [0.717, 1.165) is 10.0 Å². The van der Waals surface area contributed by atoms with E-state index in [9.17, 15) is 18.3 Å². The predicted molar refractivity (Wildman–Crippen MR) is 89.2 cm³/mol. The van der Waals surface area contributed by atoms with Crippen molar-refractivity contribution in [3.05, 3.63) is 58.1 Å². The van der Waals surface area contributed by atoms with Crippen molar-refractivity contribution in [2.45, 2.75) is 17.9 Å². The summed E-state index contributed by atoms with van der Waals surface area (Å²) < 4.78 is 23.0. The van der Waals surface area contributed by atoms with Crippen LogP contribution in [0, 0.1) is 0 Å². The molecule has 0 unspecified atom stereocenters. The second kappa shape index (κ2) is 7.12. The van der Waals surface area contributed by atoms with Crippen LogP contribution in [0.5, 0.6) is 5.75 Å². The lowest BCUT2D eigenvalue weighted by atomic mass is 10.1. The molecule has 0 saturated heterocycles. The molecule has 0 heterocycles. The number of halogens is 1. The van der Waals surface area contributed by atoms with Crippen LogP contribution in [0.3, 0.4) is 0 Å². The summed E-state index contributed by atoms with van der Waals surface area (Å²) in [7, 11) is -3.72. The van der Waals surface area contributed by atoms with E-state index in [1.807, 2.05) is 0 Å². The minimum atomic E-state index is -3.72. The van der Waals surface area contributed by atoms with Gasteiger partial charge in [-0.2, -0.15) is 0 Å². The first-order valence-corrected chi connectivity index (χ1v) is 8.95. The summed E-state index contributed by atoms with van der Waals surface area (Å²) in [6.07, 6.45) is 0.0500. The summed E-state index contributed by atoms with van der Waals surface area (Å²) in [6, 6.07) is 10.9. The lowest BCUT2D eigenvalue weighted by Gasteiger charge is -2.08. The molecule has 0 aromatic heterocycles. The maximum absolute atomic E-state index is 11.9. The molecule has 2 aromatic carbocycles. The third-order valence-electron chi connectivity index (χ3n) is 3.14. The Balaban J connectivity index is 1.94. The fourth-order valence-corrected chi connectivity index (χ4v) is 2.78. The van der Waals surface area contributed by atoms with Crippen molar-refractivity contribution in [2.75, 3.05) is 0 Å².